The molecule has 0 saturated heterocycles. The van der Waals surface area contributed by atoms with Gasteiger partial charge in [0.1, 0.15) is 23.1 Å². The number of Topliss-reactive ketones (excluding diaryl/α,β-unsaturated/α-hetero) is 1. The molecule has 0 radical (unpaired) electrons. The van der Waals surface area contributed by atoms with Crippen LogP contribution in [0, 0.1) is 11.3 Å². The van der Waals surface area contributed by atoms with Crippen molar-refractivity contribution in [1.29, 1.82) is 5.26 Å². The van der Waals surface area contributed by atoms with Gasteiger partial charge in [0.2, 0.25) is 5.78 Å². The number of hydrogen-bond acceptors (Lipinski definition) is 6. The molecular weight excluding hydrogens is 334 g/mol. The number of hydrogen-bond donors (Lipinski definition) is 0. The summed E-state index contributed by atoms with van der Waals surface area (Å²) >= 11 is 0. The number of carbonyl (C=O) groups is 1. The van der Waals surface area contributed by atoms with Crippen LogP contribution in [0.3, 0.4) is 0 Å². The molecule has 0 aliphatic carbocycles. The van der Waals surface area contributed by atoms with Gasteiger partial charge in [0.05, 0.1) is 28.4 Å². The van der Waals surface area contributed by atoms with Crippen LogP contribution in [-0.2, 0) is 0 Å². The first-order valence-corrected chi connectivity index (χ1v) is 7.68. The number of methoxy groups -OCH3 is 4. The second-order valence-corrected chi connectivity index (χ2v) is 5.18. The number of benzene rings is 2. The van der Waals surface area contributed by atoms with Gasteiger partial charge in [-0.3, -0.25) is 4.79 Å². The molecule has 6 heteroatoms. The topological polar surface area (TPSA) is 77.8 Å². The highest BCUT2D eigenvalue weighted by atomic mass is 16.5. The summed E-state index contributed by atoms with van der Waals surface area (Å²) in [6, 6.07) is 11.8. The van der Waals surface area contributed by atoms with Gasteiger partial charge in [-0.1, -0.05) is 0 Å². The zero-order valence-corrected chi connectivity index (χ0v) is 15.0. The predicted octanol–water partition coefficient (Wildman–Crippen LogP) is 3.51. The molecule has 2 aromatic carbocycles. The van der Waals surface area contributed by atoms with Crippen molar-refractivity contribution in [3.8, 4) is 29.1 Å². The van der Waals surface area contributed by atoms with E-state index in [4.69, 9.17) is 18.9 Å². The van der Waals surface area contributed by atoms with Crippen molar-refractivity contribution in [2.45, 2.75) is 0 Å². The lowest BCUT2D eigenvalue weighted by Crippen LogP contribution is -2.02. The summed E-state index contributed by atoms with van der Waals surface area (Å²) in [7, 11) is 6.06. The minimum atomic E-state index is -0.396. The van der Waals surface area contributed by atoms with Crippen LogP contribution < -0.4 is 18.9 Å². The number of carbonyl (C=O) groups excluding carboxylic acids is 1. The maximum atomic E-state index is 12.6. The van der Waals surface area contributed by atoms with E-state index in [1.165, 1.54) is 27.4 Å². The number of ketones is 1. The van der Waals surface area contributed by atoms with Gasteiger partial charge in [0, 0.05) is 17.2 Å². The molecule has 0 aliphatic heterocycles. The maximum absolute atomic E-state index is 12.6. The third-order valence-electron chi connectivity index (χ3n) is 3.75. The smallest absolute Gasteiger partial charge is 0.203 e. The van der Waals surface area contributed by atoms with E-state index in [2.05, 4.69) is 0 Å². The summed E-state index contributed by atoms with van der Waals surface area (Å²) < 4.78 is 20.9. The molecule has 0 fully saturated rings. The number of rotatable bonds is 7. The Hall–Kier alpha value is -3.46. The van der Waals surface area contributed by atoms with Crippen LogP contribution in [-0.4, -0.2) is 34.2 Å². The zero-order chi connectivity index (χ0) is 19.1. The number of allylic oxidation sites excluding steroid dienone is 1. The molecule has 0 aliphatic rings. The fourth-order valence-corrected chi connectivity index (χ4v) is 2.37. The molecule has 0 amide bonds. The Balaban J connectivity index is 2.47. The average molecular weight is 353 g/mol. The van der Waals surface area contributed by atoms with Gasteiger partial charge in [-0.15, -0.1) is 0 Å². The molecule has 0 unspecified atom stereocenters. The lowest BCUT2D eigenvalue weighted by molar-refractivity contribution is 0.104. The summed E-state index contributed by atoms with van der Waals surface area (Å²) in [6.07, 6.45) is 1.47. The van der Waals surface area contributed by atoms with Gasteiger partial charge < -0.3 is 18.9 Å². The minimum Gasteiger partial charge on any atom is -0.497 e. The fourth-order valence-electron chi connectivity index (χ4n) is 2.37. The van der Waals surface area contributed by atoms with E-state index in [1.54, 1.807) is 43.5 Å². The Labute approximate surface area is 152 Å². The monoisotopic (exact) mass is 353 g/mol. The van der Waals surface area contributed by atoms with Gasteiger partial charge in [0.15, 0.2) is 11.5 Å². The molecular formula is C20H19NO5. The SMILES string of the molecule is COc1ccc(C(=O)C(C#N)=Cc2cc(OC)c(OC)cc2OC)cc1. The Morgan fingerprint density at radius 1 is 0.885 bits per heavy atom. The van der Waals surface area contributed by atoms with Gasteiger partial charge >= 0.3 is 0 Å². The summed E-state index contributed by atoms with van der Waals surface area (Å²) in [4.78, 5) is 12.6. The molecule has 134 valence electrons. The average Bonchev–Trinajstić information content (AvgIpc) is 2.70. The largest absolute Gasteiger partial charge is 0.497 e. The molecule has 0 aromatic heterocycles. The van der Waals surface area contributed by atoms with Gasteiger partial charge in [-0.25, -0.2) is 0 Å². The van der Waals surface area contributed by atoms with Crippen molar-refractivity contribution in [2.24, 2.45) is 0 Å². The first-order valence-electron chi connectivity index (χ1n) is 7.68. The van der Waals surface area contributed by atoms with Crippen LogP contribution in [0.5, 0.6) is 23.0 Å². The number of nitrogens with zero attached hydrogens (tertiary/aromatic N) is 1. The van der Waals surface area contributed by atoms with E-state index < -0.39 is 5.78 Å². The van der Waals surface area contributed by atoms with Crippen molar-refractivity contribution >= 4 is 11.9 Å². The van der Waals surface area contributed by atoms with Crippen molar-refractivity contribution < 1.29 is 23.7 Å². The van der Waals surface area contributed by atoms with Crippen molar-refractivity contribution in [1.82, 2.24) is 0 Å². The highest BCUT2D eigenvalue weighted by Crippen LogP contribution is 2.35. The fraction of sp³-hybridized carbons (Fsp3) is 0.200. The zero-order valence-electron chi connectivity index (χ0n) is 15.0. The molecule has 0 bridgehead atoms. The standard InChI is InChI=1S/C20H19NO5/c1-23-16-7-5-13(6-8-16)20(22)15(12-21)9-14-10-18(25-3)19(26-4)11-17(14)24-2/h5-11H,1-4H3. The van der Waals surface area contributed by atoms with E-state index in [1.807, 2.05) is 6.07 Å². The van der Waals surface area contributed by atoms with Crippen molar-refractivity contribution in [3.63, 3.8) is 0 Å². The third-order valence-corrected chi connectivity index (χ3v) is 3.75. The predicted molar refractivity (Wildman–Crippen MR) is 97.0 cm³/mol. The van der Waals surface area contributed by atoms with Crippen LogP contribution in [0.15, 0.2) is 42.0 Å². The number of ether oxygens (including phenoxy) is 4. The lowest BCUT2D eigenvalue weighted by atomic mass is 10.0. The van der Waals surface area contributed by atoms with E-state index in [0.29, 0.717) is 34.1 Å². The second-order valence-electron chi connectivity index (χ2n) is 5.18. The lowest BCUT2D eigenvalue weighted by Gasteiger charge is -2.12. The van der Waals surface area contributed by atoms with Crippen LogP contribution in [0.2, 0.25) is 0 Å². The maximum Gasteiger partial charge on any atom is 0.203 e. The molecule has 0 spiro atoms. The molecule has 6 nitrogen and oxygen atoms in total. The normalized spacial score (nSPS) is 10.7. The summed E-state index contributed by atoms with van der Waals surface area (Å²) in [5.74, 6) is 1.64. The Bertz CT molecular complexity index is 863. The Kier molecular flexibility index (Phi) is 6.23. The van der Waals surface area contributed by atoms with E-state index in [-0.39, 0.29) is 5.57 Å². The first-order chi connectivity index (χ1) is 12.6. The molecule has 2 rings (SSSR count). The van der Waals surface area contributed by atoms with E-state index in [9.17, 15) is 10.1 Å². The first kappa shape index (κ1) is 18.9. The van der Waals surface area contributed by atoms with Crippen LogP contribution in [0.4, 0.5) is 0 Å². The molecule has 0 heterocycles. The summed E-state index contributed by atoms with van der Waals surface area (Å²) in [5, 5.41) is 9.45. The second kappa shape index (κ2) is 8.58. The third kappa shape index (κ3) is 3.95. The van der Waals surface area contributed by atoms with Crippen LogP contribution in [0.1, 0.15) is 15.9 Å². The van der Waals surface area contributed by atoms with E-state index in [0.717, 1.165) is 0 Å². The minimum absolute atomic E-state index is 0.0271. The van der Waals surface area contributed by atoms with Gasteiger partial charge in [-0.05, 0) is 36.4 Å². The highest BCUT2D eigenvalue weighted by molar-refractivity contribution is 6.14. The van der Waals surface area contributed by atoms with Gasteiger partial charge in [-0.2, -0.15) is 5.26 Å². The molecule has 0 saturated carbocycles. The Morgan fingerprint density at radius 2 is 1.46 bits per heavy atom. The molecule has 2 aromatic rings. The van der Waals surface area contributed by atoms with E-state index >= 15 is 0 Å². The number of nitriles is 1. The Morgan fingerprint density at radius 3 is 1.96 bits per heavy atom. The molecule has 26 heavy (non-hydrogen) atoms. The molecule has 0 N–H and O–H groups in total. The van der Waals surface area contributed by atoms with Crippen LogP contribution in [0.25, 0.3) is 6.08 Å². The van der Waals surface area contributed by atoms with Crippen LogP contribution >= 0.6 is 0 Å². The van der Waals surface area contributed by atoms with Crippen molar-refractivity contribution in [2.75, 3.05) is 28.4 Å². The highest BCUT2D eigenvalue weighted by Gasteiger charge is 2.16. The quantitative estimate of drug-likeness (QED) is 0.431. The summed E-state index contributed by atoms with van der Waals surface area (Å²) in [5.41, 5.74) is 0.891. The summed E-state index contributed by atoms with van der Waals surface area (Å²) in [6.45, 7) is 0. The molecule has 0 atom stereocenters. The van der Waals surface area contributed by atoms with Crippen molar-refractivity contribution in [3.05, 3.63) is 53.1 Å². The van der Waals surface area contributed by atoms with Gasteiger partial charge in [0.25, 0.3) is 0 Å².